The summed E-state index contributed by atoms with van der Waals surface area (Å²) in [5.41, 5.74) is 7.83. The van der Waals surface area contributed by atoms with Gasteiger partial charge in [-0.3, -0.25) is 5.43 Å². The first kappa shape index (κ1) is 12.3. The van der Waals surface area contributed by atoms with Gasteiger partial charge in [-0.25, -0.2) is 9.80 Å². The predicted molar refractivity (Wildman–Crippen MR) is 58.1 cm³/mol. The minimum Gasteiger partial charge on any atom is -0.443 e. The van der Waals surface area contributed by atoms with Crippen LogP contribution in [0.3, 0.4) is 0 Å². The highest BCUT2D eigenvalue weighted by Gasteiger charge is 2.24. The summed E-state index contributed by atoms with van der Waals surface area (Å²) < 4.78 is 5.15. The molecule has 0 radical (unpaired) electrons. The monoisotopic (exact) mass is 215 g/mol. The van der Waals surface area contributed by atoms with Crippen LogP contribution in [0.2, 0.25) is 0 Å². The maximum Gasteiger partial charge on any atom is 0.422 e. The maximum atomic E-state index is 11.4. The number of nitrogens with two attached hydrogens (primary N) is 1. The van der Waals surface area contributed by atoms with Crippen molar-refractivity contribution < 1.29 is 9.53 Å². The standard InChI is InChI=1S/C10H21N3O2/c1-10(2,3)15-9(14)12-13-5-4-8(6-11)7-13/h8H,4-7,11H2,1-3H3,(H,12,14). The Kier molecular flexibility index (Phi) is 3.93. The third kappa shape index (κ3) is 4.48. The molecule has 1 atom stereocenters. The quantitative estimate of drug-likeness (QED) is 0.711. The van der Waals surface area contributed by atoms with Gasteiger partial charge in [0.2, 0.25) is 0 Å². The second-order valence-electron chi connectivity index (χ2n) is 4.95. The maximum absolute atomic E-state index is 11.4. The fourth-order valence-electron chi connectivity index (χ4n) is 1.56. The van der Waals surface area contributed by atoms with Crippen molar-refractivity contribution >= 4 is 6.09 Å². The van der Waals surface area contributed by atoms with Crippen LogP contribution >= 0.6 is 0 Å². The Balaban J connectivity index is 2.28. The number of amides is 1. The van der Waals surface area contributed by atoms with E-state index in [1.807, 2.05) is 25.8 Å². The summed E-state index contributed by atoms with van der Waals surface area (Å²) >= 11 is 0. The van der Waals surface area contributed by atoms with Crippen LogP contribution in [0.4, 0.5) is 4.79 Å². The van der Waals surface area contributed by atoms with Crippen LogP contribution in [0.15, 0.2) is 0 Å². The van der Waals surface area contributed by atoms with Gasteiger partial charge in [-0.05, 0) is 39.7 Å². The molecule has 0 aromatic rings. The molecule has 1 aliphatic heterocycles. The lowest BCUT2D eigenvalue weighted by Crippen LogP contribution is -2.43. The molecule has 5 nitrogen and oxygen atoms in total. The van der Waals surface area contributed by atoms with Crippen LogP contribution < -0.4 is 11.2 Å². The summed E-state index contributed by atoms with van der Waals surface area (Å²) in [6.07, 6.45) is 0.645. The number of hydrogen-bond acceptors (Lipinski definition) is 4. The zero-order chi connectivity index (χ0) is 11.5. The summed E-state index contributed by atoms with van der Waals surface area (Å²) in [6.45, 7) is 7.88. The van der Waals surface area contributed by atoms with Gasteiger partial charge < -0.3 is 10.5 Å². The van der Waals surface area contributed by atoms with E-state index < -0.39 is 5.60 Å². The Hall–Kier alpha value is -0.810. The second kappa shape index (κ2) is 4.81. The topological polar surface area (TPSA) is 67.6 Å². The van der Waals surface area contributed by atoms with E-state index in [9.17, 15) is 4.79 Å². The molecular weight excluding hydrogens is 194 g/mol. The Labute approximate surface area is 90.9 Å². The highest BCUT2D eigenvalue weighted by molar-refractivity contribution is 5.67. The molecule has 0 aromatic heterocycles. The number of hydrazine groups is 1. The lowest BCUT2D eigenvalue weighted by molar-refractivity contribution is 0.0361. The second-order valence-corrected chi connectivity index (χ2v) is 4.95. The molecule has 0 bridgehead atoms. The molecule has 1 fully saturated rings. The molecule has 0 aromatic carbocycles. The lowest BCUT2D eigenvalue weighted by Gasteiger charge is -2.23. The largest absolute Gasteiger partial charge is 0.443 e. The molecule has 0 aliphatic carbocycles. The first-order valence-corrected chi connectivity index (χ1v) is 5.35. The van der Waals surface area contributed by atoms with Crippen molar-refractivity contribution in [2.45, 2.75) is 32.8 Å². The molecule has 1 saturated heterocycles. The van der Waals surface area contributed by atoms with Crippen molar-refractivity contribution in [2.24, 2.45) is 11.7 Å². The van der Waals surface area contributed by atoms with E-state index in [0.717, 1.165) is 19.5 Å². The molecule has 1 amide bonds. The third-order valence-corrected chi connectivity index (χ3v) is 2.27. The van der Waals surface area contributed by atoms with Gasteiger partial charge in [0, 0.05) is 13.1 Å². The van der Waals surface area contributed by atoms with E-state index in [1.165, 1.54) is 0 Å². The Morgan fingerprint density at radius 2 is 2.27 bits per heavy atom. The van der Waals surface area contributed by atoms with Crippen LogP contribution in [-0.4, -0.2) is 36.3 Å². The van der Waals surface area contributed by atoms with Crippen LogP contribution in [0.5, 0.6) is 0 Å². The fourth-order valence-corrected chi connectivity index (χ4v) is 1.56. The SMILES string of the molecule is CC(C)(C)OC(=O)NN1CCC(CN)C1. The first-order valence-electron chi connectivity index (χ1n) is 5.35. The number of ether oxygens (including phenoxy) is 1. The van der Waals surface area contributed by atoms with Crippen molar-refractivity contribution in [3.63, 3.8) is 0 Å². The zero-order valence-corrected chi connectivity index (χ0v) is 9.75. The normalized spacial score (nSPS) is 22.8. The van der Waals surface area contributed by atoms with E-state index in [0.29, 0.717) is 12.5 Å². The molecular formula is C10H21N3O2. The Bertz CT molecular complexity index is 225. The van der Waals surface area contributed by atoms with E-state index in [4.69, 9.17) is 10.5 Å². The number of carbonyl (C=O) groups is 1. The average molecular weight is 215 g/mol. The van der Waals surface area contributed by atoms with Crippen LogP contribution in [0.25, 0.3) is 0 Å². The van der Waals surface area contributed by atoms with Gasteiger partial charge in [-0.1, -0.05) is 0 Å². The average Bonchev–Trinajstić information content (AvgIpc) is 2.48. The van der Waals surface area contributed by atoms with Crippen molar-refractivity contribution in [2.75, 3.05) is 19.6 Å². The number of rotatable bonds is 2. The summed E-state index contributed by atoms with van der Waals surface area (Å²) in [4.78, 5) is 11.4. The molecule has 3 N–H and O–H groups in total. The highest BCUT2D eigenvalue weighted by Crippen LogP contribution is 2.13. The fraction of sp³-hybridized carbons (Fsp3) is 0.900. The highest BCUT2D eigenvalue weighted by atomic mass is 16.6. The summed E-state index contributed by atoms with van der Waals surface area (Å²) in [6, 6.07) is 0. The molecule has 0 saturated carbocycles. The van der Waals surface area contributed by atoms with Gasteiger partial charge in [0.05, 0.1) is 0 Å². The van der Waals surface area contributed by atoms with Gasteiger partial charge in [-0.2, -0.15) is 0 Å². The summed E-state index contributed by atoms with van der Waals surface area (Å²) in [7, 11) is 0. The van der Waals surface area contributed by atoms with Gasteiger partial charge >= 0.3 is 6.09 Å². The van der Waals surface area contributed by atoms with Crippen LogP contribution in [-0.2, 0) is 4.74 Å². The summed E-state index contributed by atoms with van der Waals surface area (Å²) in [5.74, 6) is 0.486. The molecule has 1 heterocycles. The molecule has 1 rings (SSSR count). The number of nitrogens with one attached hydrogen (secondary N) is 1. The van der Waals surface area contributed by atoms with Gasteiger partial charge in [-0.15, -0.1) is 0 Å². The van der Waals surface area contributed by atoms with E-state index in [1.54, 1.807) is 0 Å². The van der Waals surface area contributed by atoms with E-state index >= 15 is 0 Å². The molecule has 88 valence electrons. The minimum absolute atomic E-state index is 0.389. The number of carbonyl (C=O) groups excluding carboxylic acids is 1. The zero-order valence-electron chi connectivity index (χ0n) is 9.75. The molecule has 15 heavy (non-hydrogen) atoms. The first-order chi connectivity index (χ1) is 6.90. The Morgan fingerprint density at radius 1 is 1.60 bits per heavy atom. The predicted octanol–water partition coefficient (Wildman–Crippen LogP) is 0.707. The molecule has 1 aliphatic rings. The van der Waals surface area contributed by atoms with Crippen molar-refractivity contribution in [3.8, 4) is 0 Å². The minimum atomic E-state index is -0.447. The van der Waals surface area contributed by atoms with Crippen LogP contribution in [0, 0.1) is 5.92 Å². The molecule has 0 spiro atoms. The van der Waals surface area contributed by atoms with Crippen LogP contribution in [0.1, 0.15) is 27.2 Å². The summed E-state index contributed by atoms with van der Waals surface area (Å²) in [5, 5.41) is 1.87. The van der Waals surface area contributed by atoms with Gasteiger partial charge in [0.25, 0.3) is 0 Å². The third-order valence-electron chi connectivity index (χ3n) is 2.27. The smallest absolute Gasteiger partial charge is 0.422 e. The molecule has 1 unspecified atom stereocenters. The number of hydrogen-bond donors (Lipinski definition) is 2. The number of nitrogens with zero attached hydrogens (tertiary/aromatic N) is 1. The van der Waals surface area contributed by atoms with E-state index in [-0.39, 0.29) is 6.09 Å². The lowest BCUT2D eigenvalue weighted by atomic mass is 10.1. The van der Waals surface area contributed by atoms with Gasteiger partial charge in [0.15, 0.2) is 0 Å². The van der Waals surface area contributed by atoms with Crippen molar-refractivity contribution in [3.05, 3.63) is 0 Å². The van der Waals surface area contributed by atoms with Crippen molar-refractivity contribution in [1.29, 1.82) is 0 Å². The molecule has 5 heteroatoms. The van der Waals surface area contributed by atoms with E-state index in [2.05, 4.69) is 5.43 Å². The van der Waals surface area contributed by atoms with Crippen molar-refractivity contribution in [1.82, 2.24) is 10.4 Å². The van der Waals surface area contributed by atoms with Gasteiger partial charge in [0.1, 0.15) is 5.60 Å². The Morgan fingerprint density at radius 3 is 2.73 bits per heavy atom.